The predicted octanol–water partition coefficient (Wildman–Crippen LogP) is 4.02. The molecule has 9 heteroatoms. The fraction of sp³-hybridized carbons (Fsp3) is 0.0455. The number of anilines is 1. The Labute approximate surface area is 175 Å². The van der Waals surface area contributed by atoms with Crippen molar-refractivity contribution in [1.82, 2.24) is 4.98 Å². The number of aromatic nitrogens is 1. The second-order valence-corrected chi connectivity index (χ2v) is 6.50. The number of benzene rings is 3. The summed E-state index contributed by atoms with van der Waals surface area (Å²) in [6.45, 7) is 0. The molecular formula is C22H15N3O6. The predicted molar refractivity (Wildman–Crippen MR) is 113 cm³/mol. The largest absolute Gasteiger partial charge is 0.490 e. The van der Waals surface area contributed by atoms with Gasteiger partial charge >= 0.3 is 11.3 Å². The summed E-state index contributed by atoms with van der Waals surface area (Å²) in [6, 6.07) is 17.3. The fourth-order valence-electron chi connectivity index (χ4n) is 3.05. The highest BCUT2D eigenvalue weighted by atomic mass is 16.6. The average molecular weight is 417 g/mol. The summed E-state index contributed by atoms with van der Waals surface area (Å²) in [5.74, 6) is -0.378. The van der Waals surface area contributed by atoms with Crippen molar-refractivity contribution >= 4 is 28.2 Å². The van der Waals surface area contributed by atoms with Gasteiger partial charge in [-0.15, -0.1) is 0 Å². The van der Waals surface area contributed by atoms with Crippen LogP contribution in [0.1, 0.15) is 10.4 Å². The van der Waals surface area contributed by atoms with Crippen LogP contribution in [-0.4, -0.2) is 22.9 Å². The standard InChI is InChI=1S/C22H15N3O6/c1-30-19-10-9-13(12-18(19)25(28)29)20(26)23-15-6-4-5-14(11-15)21-24-17-8-3-2-7-16(17)22(27)31-21/h2-12H,1H3,(H,23,26). The average Bonchev–Trinajstić information content (AvgIpc) is 2.78. The third-order valence-corrected chi connectivity index (χ3v) is 4.54. The van der Waals surface area contributed by atoms with Crippen LogP contribution in [0.4, 0.5) is 11.4 Å². The molecule has 0 fully saturated rings. The van der Waals surface area contributed by atoms with E-state index in [4.69, 9.17) is 9.15 Å². The lowest BCUT2D eigenvalue weighted by atomic mass is 10.1. The van der Waals surface area contributed by atoms with E-state index in [-0.39, 0.29) is 22.9 Å². The molecule has 9 nitrogen and oxygen atoms in total. The molecule has 0 aliphatic rings. The number of nitrogens with one attached hydrogen (secondary N) is 1. The van der Waals surface area contributed by atoms with Gasteiger partial charge in [-0.3, -0.25) is 14.9 Å². The number of nitro groups is 1. The van der Waals surface area contributed by atoms with Crippen LogP contribution in [0, 0.1) is 10.1 Å². The topological polar surface area (TPSA) is 125 Å². The molecule has 0 radical (unpaired) electrons. The number of fused-ring (bicyclic) bond motifs is 1. The molecule has 0 aliphatic carbocycles. The summed E-state index contributed by atoms with van der Waals surface area (Å²) < 4.78 is 10.3. The van der Waals surface area contributed by atoms with Crippen LogP contribution in [-0.2, 0) is 0 Å². The van der Waals surface area contributed by atoms with E-state index in [1.165, 1.54) is 19.2 Å². The first-order valence-corrected chi connectivity index (χ1v) is 9.10. The van der Waals surface area contributed by atoms with E-state index in [1.54, 1.807) is 48.5 Å². The Morgan fingerprint density at radius 1 is 1.10 bits per heavy atom. The molecule has 0 unspecified atom stereocenters. The van der Waals surface area contributed by atoms with Gasteiger partial charge in [-0.05, 0) is 42.5 Å². The Bertz CT molecular complexity index is 1380. The number of hydrogen-bond donors (Lipinski definition) is 1. The first-order valence-electron chi connectivity index (χ1n) is 9.10. The summed E-state index contributed by atoms with van der Waals surface area (Å²) in [6.07, 6.45) is 0. The Hall–Kier alpha value is -4.53. The number of ether oxygens (including phenoxy) is 1. The van der Waals surface area contributed by atoms with Gasteiger partial charge in [0.15, 0.2) is 5.75 Å². The van der Waals surface area contributed by atoms with Crippen LogP contribution in [0.3, 0.4) is 0 Å². The van der Waals surface area contributed by atoms with Crippen molar-refractivity contribution in [2.75, 3.05) is 12.4 Å². The smallest absolute Gasteiger partial charge is 0.347 e. The van der Waals surface area contributed by atoms with Crippen LogP contribution in [0.15, 0.2) is 75.9 Å². The van der Waals surface area contributed by atoms with E-state index in [0.717, 1.165) is 6.07 Å². The molecule has 1 heterocycles. The first kappa shape index (κ1) is 19.8. The maximum absolute atomic E-state index is 12.6. The number of amides is 1. The molecule has 4 aromatic rings. The Morgan fingerprint density at radius 2 is 1.90 bits per heavy atom. The number of nitrogens with zero attached hydrogens (tertiary/aromatic N) is 2. The van der Waals surface area contributed by atoms with Gasteiger partial charge in [0.2, 0.25) is 5.89 Å². The van der Waals surface area contributed by atoms with Crippen molar-refractivity contribution in [2.24, 2.45) is 0 Å². The molecule has 31 heavy (non-hydrogen) atoms. The molecule has 1 amide bonds. The fourth-order valence-corrected chi connectivity index (χ4v) is 3.05. The minimum absolute atomic E-state index is 0.0564. The van der Waals surface area contributed by atoms with Crippen LogP contribution >= 0.6 is 0 Å². The molecular weight excluding hydrogens is 402 g/mol. The highest BCUT2D eigenvalue weighted by Crippen LogP contribution is 2.28. The quantitative estimate of drug-likeness (QED) is 0.384. The lowest BCUT2D eigenvalue weighted by Gasteiger charge is -2.08. The molecule has 0 bridgehead atoms. The summed E-state index contributed by atoms with van der Waals surface area (Å²) in [5.41, 5.74) is 0.647. The highest BCUT2D eigenvalue weighted by Gasteiger charge is 2.18. The summed E-state index contributed by atoms with van der Waals surface area (Å²) >= 11 is 0. The molecule has 0 aliphatic heterocycles. The molecule has 4 rings (SSSR count). The third-order valence-electron chi connectivity index (χ3n) is 4.54. The molecule has 0 spiro atoms. The summed E-state index contributed by atoms with van der Waals surface area (Å²) in [7, 11) is 1.31. The second-order valence-electron chi connectivity index (χ2n) is 6.50. The van der Waals surface area contributed by atoms with E-state index in [0.29, 0.717) is 22.2 Å². The normalized spacial score (nSPS) is 10.6. The monoisotopic (exact) mass is 417 g/mol. The first-order chi connectivity index (χ1) is 15.0. The summed E-state index contributed by atoms with van der Waals surface area (Å²) in [5, 5.41) is 14.2. The van der Waals surface area contributed by atoms with Gasteiger partial charge in [0.05, 0.1) is 22.9 Å². The Kier molecular flexibility index (Phi) is 5.15. The van der Waals surface area contributed by atoms with Gasteiger partial charge in [-0.1, -0.05) is 18.2 Å². The van der Waals surface area contributed by atoms with Crippen molar-refractivity contribution in [3.63, 3.8) is 0 Å². The van der Waals surface area contributed by atoms with Crippen molar-refractivity contribution in [1.29, 1.82) is 0 Å². The van der Waals surface area contributed by atoms with Gasteiger partial charge in [0.1, 0.15) is 0 Å². The molecule has 0 saturated heterocycles. The number of carbonyl (C=O) groups is 1. The van der Waals surface area contributed by atoms with Crippen LogP contribution in [0.25, 0.3) is 22.4 Å². The van der Waals surface area contributed by atoms with Gasteiger partial charge < -0.3 is 14.5 Å². The van der Waals surface area contributed by atoms with Gasteiger partial charge in [-0.25, -0.2) is 9.78 Å². The molecule has 1 N–H and O–H groups in total. The van der Waals surface area contributed by atoms with Crippen molar-refractivity contribution in [3.05, 3.63) is 92.8 Å². The Morgan fingerprint density at radius 3 is 2.68 bits per heavy atom. The van der Waals surface area contributed by atoms with Gasteiger partial charge in [0.25, 0.3) is 5.91 Å². The van der Waals surface area contributed by atoms with Gasteiger partial charge in [0, 0.05) is 22.9 Å². The van der Waals surface area contributed by atoms with E-state index in [9.17, 15) is 19.7 Å². The van der Waals surface area contributed by atoms with Crippen LogP contribution in [0.5, 0.6) is 5.75 Å². The third kappa shape index (κ3) is 3.97. The number of nitro benzene ring substituents is 1. The molecule has 3 aromatic carbocycles. The Balaban J connectivity index is 1.64. The minimum atomic E-state index is -0.621. The highest BCUT2D eigenvalue weighted by molar-refractivity contribution is 6.05. The lowest BCUT2D eigenvalue weighted by molar-refractivity contribution is -0.385. The number of carbonyl (C=O) groups excluding carboxylic acids is 1. The lowest BCUT2D eigenvalue weighted by Crippen LogP contribution is -2.12. The van der Waals surface area contributed by atoms with Crippen molar-refractivity contribution in [2.45, 2.75) is 0 Å². The number of para-hydroxylation sites is 1. The van der Waals surface area contributed by atoms with Crippen molar-refractivity contribution in [3.8, 4) is 17.2 Å². The van der Waals surface area contributed by atoms with E-state index >= 15 is 0 Å². The zero-order chi connectivity index (χ0) is 22.0. The molecule has 0 atom stereocenters. The van der Waals surface area contributed by atoms with E-state index in [2.05, 4.69) is 10.3 Å². The SMILES string of the molecule is COc1ccc(C(=O)Nc2cccc(-c3nc4ccccc4c(=O)o3)c2)cc1[N+](=O)[O-]. The van der Waals surface area contributed by atoms with E-state index in [1.807, 2.05) is 0 Å². The number of rotatable bonds is 5. The summed E-state index contributed by atoms with van der Waals surface area (Å²) in [4.78, 5) is 39.8. The minimum Gasteiger partial charge on any atom is -0.490 e. The number of hydrogen-bond acceptors (Lipinski definition) is 7. The van der Waals surface area contributed by atoms with Gasteiger partial charge in [-0.2, -0.15) is 0 Å². The zero-order valence-corrected chi connectivity index (χ0v) is 16.2. The zero-order valence-electron chi connectivity index (χ0n) is 16.2. The number of methoxy groups -OCH3 is 1. The molecule has 1 aromatic heterocycles. The van der Waals surface area contributed by atoms with Crippen LogP contribution < -0.4 is 15.7 Å². The molecule has 0 saturated carbocycles. The second kappa shape index (κ2) is 8.07. The van der Waals surface area contributed by atoms with Crippen LogP contribution in [0.2, 0.25) is 0 Å². The maximum Gasteiger partial charge on any atom is 0.347 e. The van der Waals surface area contributed by atoms with Crippen molar-refractivity contribution < 1.29 is 18.9 Å². The molecule has 154 valence electrons. The maximum atomic E-state index is 12.6. The van der Waals surface area contributed by atoms with E-state index < -0.39 is 16.5 Å².